The van der Waals surface area contributed by atoms with Gasteiger partial charge < -0.3 is 14.7 Å². The van der Waals surface area contributed by atoms with E-state index in [1.165, 1.54) is 24.1 Å². The van der Waals surface area contributed by atoms with Crippen molar-refractivity contribution < 1.29 is 19.4 Å². The van der Waals surface area contributed by atoms with Gasteiger partial charge in [-0.05, 0) is 6.07 Å². The number of phenolic OH excluding ortho intramolecular Hbond substituents is 1. The first-order valence-electron chi connectivity index (χ1n) is 5.88. The maximum atomic E-state index is 12.4. The highest BCUT2D eigenvalue weighted by molar-refractivity contribution is 6.07. The molecule has 2 aliphatic rings. The molecule has 19 heavy (non-hydrogen) atoms. The Bertz CT molecular complexity index is 609. The van der Waals surface area contributed by atoms with Crippen molar-refractivity contribution in [3.63, 3.8) is 0 Å². The van der Waals surface area contributed by atoms with Gasteiger partial charge in [0.1, 0.15) is 0 Å². The fourth-order valence-corrected chi connectivity index (χ4v) is 2.39. The van der Waals surface area contributed by atoms with Crippen LogP contribution in [-0.4, -0.2) is 47.6 Å². The van der Waals surface area contributed by atoms with E-state index < -0.39 is 0 Å². The van der Waals surface area contributed by atoms with Crippen LogP contribution >= 0.6 is 0 Å². The molecular formula is C13H12N2O4. The van der Waals surface area contributed by atoms with Gasteiger partial charge in [0, 0.05) is 18.7 Å². The highest BCUT2D eigenvalue weighted by atomic mass is 16.5. The molecule has 0 bridgehead atoms. The number of nitrogens with zero attached hydrogens (tertiary/aromatic N) is 2. The number of benzene rings is 1. The SMILES string of the molecule is COc1cc2c(cc1O)N=C[C@@H]1CC(=O)CN1C2=O. The molecule has 0 spiro atoms. The molecule has 1 N–H and O–H groups in total. The average Bonchev–Trinajstić information content (AvgIpc) is 2.71. The van der Waals surface area contributed by atoms with E-state index in [4.69, 9.17) is 4.74 Å². The Kier molecular flexibility index (Phi) is 2.51. The van der Waals surface area contributed by atoms with E-state index in [2.05, 4.69) is 4.99 Å². The van der Waals surface area contributed by atoms with Crippen LogP contribution in [0.2, 0.25) is 0 Å². The van der Waals surface area contributed by atoms with Crippen LogP contribution in [0.3, 0.4) is 0 Å². The predicted octanol–water partition coefficient (Wildman–Crippen LogP) is 0.900. The second kappa shape index (κ2) is 4.08. The topological polar surface area (TPSA) is 79.2 Å². The molecule has 6 nitrogen and oxygen atoms in total. The number of hydrogen-bond acceptors (Lipinski definition) is 5. The summed E-state index contributed by atoms with van der Waals surface area (Å²) < 4.78 is 4.99. The Hall–Kier alpha value is -2.37. The molecule has 1 saturated heterocycles. The van der Waals surface area contributed by atoms with Gasteiger partial charge in [0.2, 0.25) is 0 Å². The highest BCUT2D eigenvalue weighted by Crippen LogP contribution is 2.36. The van der Waals surface area contributed by atoms with Crippen molar-refractivity contribution in [2.45, 2.75) is 12.5 Å². The number of phenols is 1. The van der Waals surface area contributed by atoms with Gasteiger partial charge in [0.25, 0.3) is 5.91 Å². The van der Waals surface area contributed by atoms with Gasteiger partial charge in [-0.15, -0.1) is 0 Å². The monoisotopic (exact) mass is 260 g/mol. The number of carbonyl (C=O) groups is 2. The fraction of sp³-hybridized carbons (Fsp3) is 0.308. The van der Waals surface area contributed by atoms with E-state index >= 15 is 0 Å². The molecular weight excluding hydrogens is 248 g/mol. The Morgan fingerprint density at radius 1 is 1.42 bits per heavy atom. The average molecular weight is 260 g/mol. The standard InChI is InChI=1S/C13H12N2O4/c1-19-12-3-9-10(4-11(12)17)14-5-7-2-8(16)6-15(7)13(9)18/h3-5,7,17H,2,6H2,1H3/t7-/m0/s1. The largest absolute Gasteiger partial charge is 0.504 e. The van der Waals surface area contributed by atoms with E-state index in [0.717, 1.165) is 0 Å². The zero-order valence-corrected chi connectivity index (χ0v) is 10.3. The van der Waals surface area contributed by atoms with Gasteiger partial charge in [-0.2, -0.15) is 0 Å². The van der Waals surface area contributed by atoms with E-state index in [9.17, 15) is 14.7 Å². The number of methoxy groups -OCH3 is 1. The van der Waals surface area contributed by atoms with E-state index in [0.29, 0.717) is 17.7 Å². The molecule has 0 saturated carbocycles. The minimum absolute atomic E-state index is 0.0268. The van der Waals surface area contributed by atoms with Crippen LogP contribution < -0.4 is 4.74 Å². The van der Waals surface area contributed by atoms with Gasteiger partial charge in [0.05, 0.1) is 30.9 Å². The number of carbonyl (C=O) groups excluding carboxylic acids is 2. The van der Waals surface area contributed by atoms with Crippen molar-refractivity contribution in [1.29, 1.82) is 0 Å². The maximum Gasteiger partial charge on any atom is 0.257 e. The number of Topliss-reactive ketones (excluding diaryl/α,β-unsaturated/α-hetero) is 1. The fourth-order valence-electron chi connectivity index (χ4n) is 2.39. The molecule has 1 fully saturated rings. The third-order valence-corrected chi connectivity index (χ3v) is 3.36. The lowest BCUT2D eigenvalue weighted by atomic mass is 10.1. The van der Waals surface area contributed by atoms with Crippen LogP contribution in [0, 0.1) is 0 Å². The Morgan fingerprint density at radius 2 is 2.21 bits per heavy atom. The molecule has 2 heterocycles. The van der Waals surface area contributed by atoms with Gasteiger partial charge in [-0.1, -0.05) is 0 Å². The van der Waals surface area contributed by atoms with E-state index in [-0.39, 0.29) is 35.8 Å². The molecule has 1 amide bonds. The van der Waals surface area contributed by atoms with Crippen LogP contribution in [0.15, 0.2) is 17.1 Å². The molecule has 2 aliphatic heterocycles. The predicted molar refractivity (Wildman–Crippen MR) is 67.3 cm³/mol. The van der Waals surface area contributed by atoms with Crippen molar-refractivity contribution in [2.75, 3.05) is 13.7 Å². The molecule has 0 aromatic heterocycles. The first-order valence-corrected chi connectivity index (χ1v) is 5.88. The minimum Gasteiger partial charge on any atom is -0.504 e. The number of hydrogen-bond donors (Lipinski definition) is 1. The number of fused-ring (bicyclic) bond motifs is 2. The summed E-state index contributed by atoms with van der Waals surface area (Å²) in [5, 5.41) is 9.71. The van der Waals surface area contributed by atoms with Crippen molar-refractivity contribution >= 4 is 23.6 Å². The molecule has 1 aromatic rings. The molecule has 0 radical (unpaired) electrons. The third kappa shape index (κ3) is 1.76. The van der Waals surface area contributed by atoms with E-state index in [1.807, 2.05) is 0 Å². The summed E-state index contributed by atoms with van der Waals surface area (Å²) in [7, 11) is 1.41. The van der Waals surface area contributed by atoms with E-state index in [1.54, 1.807) is 6.21 Å². The number of aliphatic imine (C=N–C) groups is 1. The van der Waals surface area contributed by atoms with Gasteiger partial charge >= 0.3 is 0 Å². The molecule has 3 rings (SSSR count). The normalized spacial score (nSPS) is 21.1. The summed E-state index contributed by atoms with van der Waals surface area (Å²) in [5.41, 5.74) is 0.730. The molecule has 6 heteroatoms. The summed E-state index contributed by atoms with van der Waals surface area (Å²) in [6.45, 7) is 0.109. The lowest BCUT2D eigenvalue weighted by molar-refractivity contribution is -0.116. The smallest absolute Gasteiger partial charge is 0.257 e. The number of aromatic hydroxyl groups is 1. The quantitative estimate of drug-likeness (QED) is 0.813. The van der Waals surface area contributed by atoms with Crippen molar-refractivity contribution in [1.82, 2.24) is 4.90 Å². The van der Waals surface area contributed by atoms with Crippen molar-refractivity contribution in [3.05, 3.63) is 17.7 Å². The molecule has 1 atom stereocenters. The molecule has 0 unspecified atom stereocenters. The summed E-state index contributed by atoms with van der Waals surface area (Å²) >= 11 is 0. The number of rotatable bonds is 1. The summed E-state index contributed by atoms with van der Waals surface area (Å²) in [6.07, 6.45) is 1.88. The zero-order chi connectivity index (χ0) is 13.6. The summed E-state index contributed by atoms with van der Waals surface area (Å²) in [5.74, 6) is -0.0868. The highest BCUT2D eigenvalue weighted by Gasteiger charge is 2.36. The summed E-state index contributed by atoms with van der Waals surface area (Å²) in [4.78, 5) is 29.5. The second-order valence-electron chi connectivity index (χ2n) is 4.56. The summed E-state index contributed by atoms with van der Waals surface area (Å²) in [6, 6.07) is 2.56. The van der Waals surface area contributed by atoms with Crippen LogP contribution in [0.4, 0.5) is 5.69 Å². The lowest BCUT2D eigenvalue weighted by Crippen LogP contribution is -2.35. The van der Waals surface area contributed by atoms with Crippen molar-refractivity contribution in [2.24, 2.45) is 4.99 Å². The third-order valence-electron chi connectivity index (χ3n) is 3.36. The van der Waals surface area contributed by atoms with Gasteiger partial charge in [0.15, 0.2) is 17.3 Å². The minimum atomic E-state index is -0.291. The number of amides is 1. The lowest BCUT2D eigenvalue weighted by Gasteiger charge is -2.19. The van der Waals surface area contributed by atoms with Crippen molar-refractivity contribution in [3.8, 4) is 11.5 Å². The van der Waals surface area contributed by atoms with Crippen LogP contribution in [0.25, 0.3) is 0 Å². The Balaban J connectivity index is 2.11. The van der Waals surface area contributed by atoms with Crippen LogP contribution in [0.5, 0.6) is 11.5 Å². The zero-order valence-electron chi connectivity index (χ0n) is 10.3. The number of ketones is 1. The molecule has 98 valence electrons. The molecule has 1 aromatic carbocycles. The first kappa shape index (κ1) is 11.7. The first-order chi connectivity index (χ1) is 9.10. The van der Waals surface area contributed by atoms with Gasteiger partial charge in [-0.3, -0.25) is 14.6 Å². The Labute approximate surface area is 109 Å². The van der Waals surface area contributed by atoms with Crippen LogP contribution in [-0.2, 0) is 4.79 Å². The van der Waals surface area contributed by atoms with Crippen LogP contribution in [0.1, 0.15) is 16.8 Å². The second-order valence-corrected chi connectivity index (χ2v) is 4.56. The maximum absolute atomic E-state index is 12.4. The number of ether oxygens (including phenoxy) is 1. The Morgan fingerprint density at radius 3 is 2.95 bits per heavy atom. The van der Waals surface area contributed by atoms with Gasteiger partial charge in [-0.25, -0.2) is 0 Å². The molecule has 0 aliphatic carbocycles.